The summed E-state index contributed by atoms with van der Waals surface area (Å²) in [6.45, 7) is 4.95. The lowest BCUT2D eigenvalue weighted by Gasteiger charge is -2.21. The first kappa shape index (κ1) is 12.7. The summed E-state index contributed by atoms with van der Waals surface area (Å²) in [5.41, 5.74) is 3.80. The van der Waals surface area contributed by atoms with Crippen molar-refractivity contribution in [2.75, 3.05) is 25.0 Å². The molecule has 0 aliphatic carbocycles. The summed E-state index contributed by atoms with van der Waals surface area (Å²) in [6, 6.07) is 10.4. The second-order valence-corrected chi connectivity index (χ2v) is 4.52. The van der Waals surface area contributed by atoms with Crippen molar-refractivity contribution in [3.63, 3.8) is 0 Å². The number of hydrogen-bond acceptors (Lipinski definition) is 3. The molecule has 0 bridgehead atoms. The predicted molar refractivity (Wildman–Crippen MR) is 74.9 cm³/mol. The maximum absolute atomic E-state index is 5.03. The van der Waals surface area contributed by atoms with Crippen LogP contribution in [-0.4, -0.2) is 20.1 Å². The molecule has 1 heterocycles. The highest BCUT2D eigenvalue weighted by Crippen LogP contribution is 2.16. The van der Waals surface area contributed by atoms with E-state index in [1.54, 1.807) is 12.5 Å². The molecule has 0 amide bonds. The van der Waals surface area contributed by atoms with Gasteiger partial charge in [-0.05, 0) is 24.6 Å². The van der Waals surface area contributed by atoms with Crippen LogP contribution in [0.3, 0.4) is 0 Å². The minimum absolute atomic E-state index is 0.859. The van der Waals surface area contributed by atoms with Crippen molar-refractivity contribution in [2.24, 2.45) is 0 Å². The fourth-order valence-electron chi connectivity index (χ4n) is 1.98. The minimum atomic E-state index is 0.859. The SMILES string of the molecule is Cc1ccccc1N(C)CCNCc1ccoc1. The maximum atomic E-state index is 5.03. The molecule has 0 saturated heterocycles. The van der Waals surface area contributed by atoms with Crippen molar-refractivity contribution >= 4 is 5.69 Å². The van der Waals surface area contributed by atoms with E-state index in [4.69, 9.17) is 4.42 Å². The summed E-state index contributed by atoms with van der Waals surface area (Å²) in [4.78, 5) is 2.28. The highest BCUT2D eigenvalue weighted by atomic mass is 16.3. The zero-order valence-corrected chi connectivity index (χ0v) is 11.0. The Kier molecular flexibility index (Phi) is 4.42. The Morgan fingerprint density at radius 3 is 2.78 bits per heavy atom. The van der Waals surface area contributed by atoms with Gasteiger partial charge in [-0.15, -0.1) is 0 Å². The van der Waals surface area contributed by atoms with Crippen molar-refractivity contribution in [3.05, 3.63) is 54.0 Å². The molecule has 1 aromatic heterocycles. The van der Waals surface area contributed by atoms with E-state index in [1.807, 2.05) is 6.07 Å². The molecule has 0 radical (unpaired) electrons. The van der Waals surface area contributed by atoms with Gasteiger partial charge in [-0.1, -0.05) is 18.2 Å². The predicted octanol–water partition coefficient (Wildman–Crippen LogP) is 2.81. The molecule has 0 unspecified atom stereocenters. The Bertz CT molecular complexity index is 465. The fourth-order valence-corrected chi connectivity index (χ4v) is 1.98. The number of likely N-dealkylation sites (N-methyl/N-ethyl adjacent to an activating group) is 1. The van der Waals surface area contributed by atoms with Crippen molar-refractivity contribution in [1.29, 1.82) is 0 Å². The molecule has 3 heteroatoms. The first-order valence-electron chi connectivity index (χ1n) is 6.26. The van der Waals surface area contributed by atoms with Crippen molar-refractivity contribution in [1.82, 2.24) is 5.32 Å². The lowest BCUT2D eigenvalue weighted by atomic mass is 10.2. The van der Waals surface area contributed by atoms with Gasteiger partial charge in [0.2, 0.25) is 0 Å². The van der Waals surface area contributed by atoms with Crippen LogP contribution in [0.1, 0.15) is 11.1 Å². The van der Waals surface area contributed by atoms with Gasteiger partial charge in [-0.25, -0.2) is 0 Å². The summed E-state index contributed by atoms with van der Waals surface area (Å²) in [5, 5.41) is 3.41. The van der Waals surface area contributed by atoms with Crippen molar-refractivity contribution in [2.45, 2.75) is 13.5 Å². The van der Waals surface area contributed by atoms with E-state index in [1.165, 1.54) is 16.8 Å². The first-order chi connectivity index (χ1) is 8.77. The Morgan fingerprint density at radius 1 is 1.22 bits per heavy atom. The molecule has 0 spiro atoms. The molecule has 1 N–H and O–H groups in total. The summed E-state index contributed by atoms with van der Waals surface area (Å²) in [6.07, 6.45) is 3.48. The van der Waals surface area contributed by atoms with E-state index in [0.29, 0.717) is 0 Å². The van der Waals surface area contributed by atoms with Gasteiger partial charge >= 0.3 is 0 Å². The number of benzene rings is 1. The molecule has 3 nitrogen and oxygen atoms in total. The topological polar surface area (TPSA) is 28.4 Å². The molecule has 2 aromatic rings. The van der Waals surface area contributed by atoms with Gasteiger partial charge in [-0.2, -0.15) is 0 Å². The number of hydrogen-bond donors (Lipinski definition) is 1. The third-order valence-corrected chi connectivity index (χ3v) is 3.06. The van der Waals surface area contributed by atoms with Gasteiger partial charge < -0.3 is 14.6 Å². The molecule has 18 heavy (non-hydrogen) atoms. The van der Waals surface area contributed by atoms with E-state index < -0.39 is 0 Å². The average Bonchev–Trinajstić information content (AvgIpc) is 2.88. The number of para-hydroxylation sites is 1. The number of rotatable bonds is 6. The molecule has 0 saturated carbocycles. The molecule has 96 valence electrons. The number of aryl methyl sites for hydroxylation is 1. The highest BCUT2D eigenvalue weighted by Gasteiger charge is 2.02. The Labute approximate surface area is 108 Å². The van der Waals surface area contributed by atoms with Crippen LogP contribution in [0.25, 0.3) is 0 Å². The van der Waals surface area contributed by atoms with Crippen molar-refractivity contribution in [3.8, 4) is 0 Å². The summed E-state index contributed by atoms with van der Waals surface area (Å²) in [7, 11) is 2.13. The zero-order valence-electron chi connectivity index (χ0n) is 11.0. The molecule has 0 aliphatic heterocycles. The van der Waals surface area contributed by atoms with Gasteiger partial charge in [0.1, 0.15) is 0 Å². The van der Waals surface area contributed by atoms with Gasteiger partial charge in [0.25, 0.3) is 0 Å². The fraction of sp³-hybridized carbons (Fsp3) is 0.333. The van der Waals surface area contributed by atoms with Crippen LogP contribution >= 0.6 is 0 Å². The Hall–Kier alpha value is -1.74. The summed E-state index contributed by atoms with van der Waals surface area (Å²) < 4.78 is 5.03. The number of furan rings is 1. The largest absolute Gasteiger partial charge is 0.472 e. The highest BCUT2D eigenvalue weighted by molar-refractivity contribution is 5.52. The Balaban J connectivity index is 1.75. The summed E-state index contributed by atoms with van der Waals surface area (Å²) in [5.74, 6) is 0. The van der Waals surface area contributed by atoms with Gasteiger partial charge in [-0.3, -0.25) is 0 Å². The average molecular weight is 244 g/mol. The van der Waals surface area contributed by atoms with E-state index in [0.717, 1.165) is 19.6 Å². The second kappa shape index (κ2) is 6.26. The van der Waals surface area contributed by atoms with Crippen molar-refractivity contribution < 1.29 is 4.42 Å². The van der Waals surface area contributed by atoms with Gasteiger partial charge in [0.15, 0.2) is 0 Å². The molecule has 0 aliphatic rings. The van der Waals surface area contributed by atoms with E-state index in [9.17, 15) is 0 Å². The monoisotopic (exact) mass is 244 g/mol. The molecule has 1 aromatic carbocycles. The first-order valence-corrected chi connectivity index (χ1v) is 6.26. The van der Waals surface area contributed by atoms with Crippen LogP contribution in [0.2, 0.25) is 0 Å². The molecule has 0 atom stereocenters. The molecular formula is C15H20N2O. The normalized spacial score (nSPS) is 10.6. The number of anilines is 1. The lowest BCUT2D eigenvalue weighted by molar-refractivity contribution is 0.560. The van der Waals surface area contributed by atoms with Crippen LogP contribution in [0, 0.1) is 6.92 Å². The quantitative estimate of drug-likeness (QED) is 0.792. The third kappa shape index (κ3) is 3.37. The Morgan fingerprint density at radius 2 is 2.06 bits per heavy atom. The van der Waals surface area contributed by atoms with E-state index >= 15 is 0 Å². The standard InChI is InChI=1S/C15H20N2O/c1-13-5-3-4-6-15(13)17(2)9-8-16-11-14-7-10-18-12-14/h3-7,10,12,16H,8-9,11H2,1-2H3. The number of nitrogens with zero attached hydrogens (tertiary/aromatic N) is 1. The van der Waals surface area contributed by atoms with Gasteiger partial charge in [0, 0.05) is 37.9 Å². The van der Waals surface area contributed by atoms with Gasteiger partial charge in [0.05, 0.1) is 12.5 Å². The van der Waals surface area contributed by atoms with Crippen LogP contribution in [0.15, 0.2) is 47.3 Å². The summed E-state index contributed by atoms with van der Waals surface area (Å²) >= 11 is 0. The van der Waals surface area contributed by atoms with E-state index in [-0.39, 0.29) is 0 Å². The van der Waals surface area contributed by atoms with E-state index in [2.05, 4.69) is 48.5 Å². The zero-order chi connectivity index (χ0) is 12.8. The van der Waals surface area contributed by atoms with Crippen LogP contribution in [0.5, 0.6) is 0 Å². The smallest absolute Gasteiger partial charge is 0.0947 e. The number of nitrogens with one attached hydrogen (secondary N) is 1. The van der Waals surface area contributed by atoms with Crippen LogP contribution < -0.4 is 10.2 Å². The minimum Gasteiger partial charge on any atom is -0.472 e. The maximum Gasteiger partial charge on any atom is 0.0947 e. The second-order valence-electron chi connectivity index (χ2n) is 4.52. The molecule has 0 fully saturated rings. The third-order valence-electron chi connectivity index (χ3n) is 3.06. The molecular weight excluding hydrogens is 224 g/mol. The lowest BCUT2D eigenvalue weighted by Crippen LogP contribution is -2.29. The molecule has 2 rings (SSSR count). The van der Waals surface area contributed by atoms with Crippen LogP contribution in [-0.2, 0) is 6.54 Å². The van der Waals surface area contributed by atoms with Crippen LogP contribution in [0.4, 0.5) is 5.69 Å².